The van der Waals surface area contributed by atoms with Crippen LogP contribution in [0.2, 0.25) is 0 Å². The van der Waals surface area contributed by atoms with Crippen molar-refractivity contribution in [2.24, 2.45) is 0 Å². The van der Waals surface area contributed by atoms with Crippen molar-refractivity contribution in [3.8, 4) is 27.8 Å². The van der Waals surface area contributed by atoms with Crippen LogP contribution in [0.3, 0.4) is 0 Å². The summed E-state index contributed by atoms with van der Waals surface area (Å²) in [6.07, 6.45) is 2.02. The van der Waals surface area contributed by atoms with Crippen molar-refractivity contribution in [2.75, 3.05) is 27.4 Å². The Morgan fingerprint density at radius 2 is 1.81 bits per heavy atom. The van der Waals surface area contributed by atoms with Crippen molar-refractivity contribution in [1.82, 2.24) is 10.3 Å². The molecule has 0 spiro atoms. The third-order valence-electron chi connectivity index (χ3n) is 4.71. The van der Waals surface area contributed by atoms with Crippen LogP contribution in [0.25, 0.3) is 10.6 Å². The lowest BCUT2D eigenvalue weighted by Gasteiger charge is -2.08. The van der Waals surface area contributed by atoms with Gasteiger partial charge in [0.15, 0.2) is 11.5 Å². The molecule has 0 fully saturated rings. The van der Waals surface area contributed by atoms with Gasteiger partial charge in [-0.3, -0.25) is 4.79 Å². The SMILES string of the molecule is COc1ccc(-c2nc(CC(=O)NCCCCOc3ccc(C)cc3)cs2)cc1OC. The second-order valence-electron chi connectivity index (χ2n) is 7.11. The van der Waals surface area contributed by atoms with Crippen LogP contribution in [0.1, 0.15) is 24.1 Å². The van der Waals surface area contributed by atoms with Crippen LogP contribution in [0.5, 0.6) is 17.2 Å². The molecule has 1 heterocycles. The van der Waals surface area contributed by atoms with E-state index in [0.29, 0.717) is 24.7 Å². The zero-order valence-corrected chi connectivity index (χ0v) is 19.0. The highest BCUT2D eigenvalue weighted by molar-refractivity contribution is 7.13. The van der Waals surface area contributed by atoms with Gasteiger partial charge in [-0.1, -0.05) is 17.7 Å². The fraction of sp³-hybridized carbons (Fsp3) is 0.333. The smallest absolute Gasteiger partial charge is 0.226 e. The van der Waals surface area contributed by atoms with Gasteiger partial charge in [0.25, 0.3) is 0 Å². The average molecular weight is 441 g/mol. The lowest BCUT2D eigenvalue weighted by molar-refractivity contribution is -0.120. The summed E-state index contributed by atoms with van der Waals surface area (Å²) < 4.78 is 16.3. The van der Waals surface area contributed by atoms with Gasteiger partial charge >= 0.3 is 0 Å². The first-order valence-corrected chi connectivity index (χ1v) is 11.1. The molecule has 0 bridgehead atoms. The summed E-state index contributed by atoms with van der Waals surface area (Å²) in [4.78, 5) is 16.8. The van der Waals surface area contributed by atoms with E-state index in [1.54, 1.807) is 14.2 Å². The van der Waals surface area contributed by atoms with Crippen molar-refractivity contribution in [1.29, 1.82) is 0 Å². The second kappa shape index (κ2) is 11.4. The molecule has 0 aliphatic carbocycles. The van der Waals surface area contributed by atoms with Crippen LogP contribution in [-0.2, 0) is 11.2 Å². The predicted octanol–water partition coefficient (Wildman–Crippen LogP) is 4.65. The molecule has 2 aromatic carbocycles. The summed E-state index contributed by atoms with van der Waals surface area (Å²) in [6.45, 7) is 3.32. The number of unbranched alkanes of at least 4 members (excludes halogenated alkanes) is 1. The summed E-state index contributed by atoms with van der Waals surface area (Å²) in [5.41, 5.74) is 2.91. The maximum atomic E-state index is 12.2. The van der Waals surface area contributed by atoms with E-state index in [1.807, 2.05) is 47.8 Å². The normalized spacial score (nSPS) is 10.5. The maximum absolute atomic E-state index is 12.2. The van der Waals surface area contributed by atoms with Crippen molar-refractivity contribution in [3.05, 3.63) is 59.1 Å². The number of nitrogens with zero attached hydrogens (tertiary/aromatic N) is 1. The lowest BCUT2D eigenvalue weighted by atomic mass is 10.2. The number of nitrogens with one attached hydrogen (secondary N) is 1. The van der Waals surface area contributed by atoms with E-state index in [9.17, 15) is 4.79 Å². The number of aryl methyl sites for hydroxylation is 1. The van der Waals surface area contributed by atoms with E-state index in [4.69, 9.17) is 14.2 Å². The first-order valence-electron chi connectivity index (χ1n) is 10.2. The van der Waals surface area contributed by atoms with E-state index in [1.165, 1.54) is 16.9 Å². The Bertz CT molecular complexity index is 985. The minimum atomic E-state index is -0.0244. The molecule has 0 aliphatic heterocycles. The molecule has 0 saturated heterocycles. The number of hydrogen-bond donors (Lipinski definition) is 1. The number of benzene rings is 2. The third-order valence-corrected chi connectivity index (χ3v) is 5.65. The van der Waals surface area contributed by atoms with Crippen molar-refractivity contribution < 1.29 is 19.0 Å². The molecule has 1 aromatic heterocycles. The Kier molecular flexibility index (Phi) is 8.29. The Hall–Kier alpha value is -3.06. The van der Waals surface area contributed by atoms with Gasteiger partial charge in [-0.25, -0.2) is 4.98 Å². The number of carbonyl (C=O) groups is 1. The molecule has 0 radical (unpaired) electrons. The number of rotatable bonds is 11. The molecular formula is C24H28N2O4S. The highest BCUT2D eigenvalue weighted by Crippen LogP contribution is 2.33. The van der Waals surface area contributed by atoms with Gasteiger partial charge in [0.05, 0.1) is 32.9 Å². The van der Waals surface area contributed by atoms with Gasteiger partial charge in [-0.15, -0.1) is 11.3 Å². The van der Waals surface area contributed by atoms with Gasteiger partial charge in [0.2, 0.25) is 5.91 Å². The molecule has 31 heavy (non-hydrogen) atoms. The monoisotopic (exact) mass is 440 g/mol. The largest absolute Gasteiger partial charge is 0.494 e. The van der Waals surface area contributed by atoms with E-state index in [0.717, 1.165) is 34.9 Å². The van der Waals surface area contributed by atoms with Crippen LogP contribution in [0, 0.1) is 6.92 Å². The molecule has 7 heteroatoms. The highest BCUT2D eigenvalue weighted by Gasteiger charge is 2.11. The molecule has 1 N–H and O–H groups in total. The summed E-state index contributed by atoms with van der Waals surface area (Å²) in [5.74, 6) is 2.18. The Morgan fingerprint density at radius 3 is 2.55 bits per heavy atom. The van der Waals surface area contributed by atoms with Gasteiger partial charge in [-0.2, -0.15) is 0 Å². The van der Waals surface area contributed by atoms with E-state index < -0.39 is 0 Å². The molecule has 6 nitrogen and oxygen atoms in total. The summed E-state index contributed by atoms with van der Waals surface area (Å²) in [7, 11) is 3.21. The number of aromatic nitrogens is 1. The van der Waals surface area contributed by atoms with Crippen molar-refractivity contribution >= 4 is 17.2 Å². The minimum Gasteiger partial charge on any atom is -0.494 e. The van der Waals surface area contributed by atoms with Gasteiger partial charge in [-0.05, 0) is 50.1 Å². The van der Waals surface area contributed by atoms with Crippen LogP contribution in [0.4, 0.5) is 0 Å². The summed E-state index contributed by atoms with van der Waals surface area (Å²) in [6, 6.07) is 13.7. The first-order chi connectivity index (χ1) is 15.1. The van der Waals surface area contributed by atoms with Crippen LogP contribution in [0.15, 0.2) is 47.8 Å². The standard InChI is InChI=1S/C24H28N2O4S/c1-17-6-9-20(10-7-17)30-13-5-4-12-25-23(27)15-19-16-31-24(26-19)18-8-11-21(28-2)22(14-18)29-3/h6-11,14,16H,4-5,12-13,15H2,1-3H3,(H,25,27). The minimum absolute atomic E-state index is 0.0244. The van der Waals surface area contributed by atoms with E-state index >= 15 is 0 Å². The topological polar surface area (TPSA) is 69.7 Å². The molecule has 164 valence electrons. The molecular weight excluding hydrogens is 412 g/mol. The van der Waals surface area contributed by atoms with Crippen LogP contribution >= 0.6 is 11.3 Å². The van der Waals surface area contributed by atoms with E-state index in [2.05, 4.69) is 17.2 Å². The fourth-order valence-electron chi connectivity index (χ4n) is 3.00. The van der Waals surface area contributed by atoms with E-state index in [-0.39, 0.29) is 12.3 Å². The number of ether oxygens (including phenoxy) is 3. The number of methoxy groups -OCH3 is 2. The van der Waals surface area contributed by atoms with Crippen LogP contribution < -0.4 is 19.5 Å². The van der Waals surface area contributed by atoms with Crippen molar-refractivity contribution in [2.45, 2.75) is 26.2 Å². The molecule has 0 saturated carbocycles. The van der Waals surface area contributed by atoms with Crippen molar-refractivity contribution in [3.63, 3.8) is 0 Å². The number of hydrogen-bond acceptors (Lipinski definition) is 6. The summed E-state index contributed by atoms with van der Waals surface area (Å²) >= 11 is 1.51. The molecule has 0 aliphatic rings. The Labute approximate surface area is 187 Å². The van der Waals surface area contributed by atoms with Gasteiger partial charge in [0, 0.05) is 17.5 Å². The zero-order valence-electron chi connectivity index (χ0n) is 18.1. The quantitative estimate of drug-likeness (QED) is 0.440. The number of thiazole rings is 1. The molecule has 1 amide bonds. The highest BCUT2D eigenvalue weighted by atomic mass is 32.1. The average Bonchev–Trinajstić information content (AvgIpc) is 3.25. The predicted molar refractivity (Wildman–Crippen MR) is 123 cm³/mol. The fourth-order valence-corrected chi connectivity index (χ4v) is 3.81. The summed E-state index contributed by atoms with van der Waals surface area (Å²) in [5, 5.41) is 5.72. The van der Waals surface area contributed by atoms with Gasteiger partial charge in [0.1, 0.15) is 10.8 Å². The Morgan fingerprint density at radius 1 is 1.03 bits per heavy atom. The Balaban J connectivity index is 1.39. The van der Waals surface area contributed by atoms with Gasteiger partial charge < -0.3 is 19.5 Å². The third kappa shape index (κ3) is 6.72. The molecule has 0 atom stereocenters. The second-order valence-corrected chi connectivity index (χ2v) is 7.97. The maximum Gasteiger partial charge on any atom is 0.226 e. The number of amides is 1. The first kappa shape index (κ1) is 22.6. The molecule has 3 aromatic rings. The molecule has 3 rings (SSSR count). The molecule has 0 unspecified atom stereocenters. The number of carbonyl (C=O) groups excluding carboxylic acids is 1. The lowest BCUT2D eigenvalue weighted by Crippen LogP contribution is -2.26. The zero-order chi connectivity index (χ0) is 22.1. The van der Waals surface area contributed by atoms with Crippen LogP contribution in [-0.4, -0.2) is 38.3 Å².